The predicted octanol–water partition coefficient (Wildman–Crippen LogP) is 3.95. The van der Waals surface area contributed by atoms with Crippen molar-refractivity contribution in [2.45, 2.75) is 38.6 Å². The summed E-state index contributed by atoms with van der Waals surface area (Å²) in [4.78, 5) is 1.13. The van der Waals surface area contributed by atoms with E-state index in [4.69, 9.17) is 17.4 Å². The first kappa shape index (κ1) is 14.1. The van der Waals surface area contributed by atoms with E-state index in [2.05, 4.69) is 29.0 Å². The van der Waals surface area contributed by atoms with Gasteiger partial charge >= 0.3 is 0 Å². The van der Waals surface area contributed by atoms with Gasteiger partial charge in [-0.05, 0) is 60.2 Å². The number of rotatable bonds is 4. The molecule has 1 aliphatic carbocycles. The third kappa shape index (κ3) is 2.63. The monoisotopic (exact) mass is 306 g/mol. The number of halogens is 1. The fourth-order valence-electron chi connectivity index (χ4n) is 2.90. The van der Waals surface area contributed by atoms with Crippen molar-refractivity contribution in [1.29, 1.82) is 0 Å². The fraction of sp³-hybridized carbons (Fsp3) is 0.375. The molecule has 0 radical (unpaired) electrons. The quantitative estimate of drug-likeness (QED) is 0.663. The van der Waals surface area contributed by atoms with E-state index in [1.54, 1.807) is 11.3 Å². The molecule has 0 saturated heterocycles. The van der Waals surface area contributed by atoms with Crippen LogP contribution in [0.2, 0.25) is 5.02 Å². The van der Waals surface area contributed by atoms with Crippen molar-refractivity contribution < 1.29 is 0 Å². The highest BCUT2D eigenvalue weighted by Crippen LogP contribution is 2.34. The van der Waals surface area contributed by atoms with Crippen molar-refractivity contribution in [3.63, 3.8) is 0 Å². The van der Waals surface area contributed by atoms with Crippen LogP contribution in [0.4, 0.5) is 0 Å². The highest BCUT2D eigenvalue weighted by molar-refractivity contribution is 7.10. The van der Waals surface area contributed by atoms with Crippen molar-refractivity contribution in [2.24, 2.45) is 5.84 Å². The molecule has 0 saturated carbocycles. The van der Waals surface area contributed by atoms with E-state index in [0.717, 1.165) is 21.9 Å². The molecule has 1 heterocycles. The first-order chi connectivity index (χ1) is 9.69. The molecule has 1 aromatic heterocycles. The van der Waals surface area contributed by atoms with Gasteiger partial charge in [-0.1, -0.05) is 29.8 Å². The lowest BCUT2D eigenvalue weighted by molar-refractivity contribution is 0.560. The minimum absolute atomic E-state index is 0.0839. The Bertz CT molecular complexity index is 621. The highest BCUT2D eigenvalue weighted by atomic mass is 35.5. The second-order valence-electron chi connectivity index (χ2n) is 5.48. The summed E-state index contributed by atoms with van der Waals surface area (Å²) in [5, 5.41) is 2.93. The average molecular weight is 307 g/mol. The van der Waals surface area contributed by atoms with Crippen LogP contribution in [0.3, 0.4) is 0 Å². The summed E-state index contributed by atoms with van der Waals surface area (Å²) in [6.45, 7) is 2.03. The topological polar surface area (TPSA) is 38.0 Å². The molecule has 3 N–H and O–H groups in total. The highest BCUT2D eigenvalue weighted by Gasteiger charge is 2.18. The molecule has 0 bridgehead atoms. The molecule has 2 nitrogen and oxygen atoms in total. The third-order valence-electron chi connectivity index (χ3n) is 4.05. The van der Waals surface area contributed by atoms with Crippen molar-refractivity contribution in [3.05, 3.63) is 55.7 Å². The lowest BCUT2D eigenvalue weighted by Gasteiger charge is -2.16. The van der Waals surface area contributed by atoms with E-state index < -0.39 is 0 Å². The standard InChI is InChI=1S/C16H19ClN2S/c1-10-9-20-16(15(10)17)14(19-18)8-11-5-6-12-3-2-4-13(12)7-11/h5-7,9,14,19H,2-4,8,18H2,1H3. The van der Waals surface area contributed by atoms with Crippen molar-refractivity contribution in [2.75, 3.05) is 0 Å². The molecular weight excluding hydrogens is 288 g/mol. The van der Waals surface area contributed by atoms with E-state index in [-0.39, 0.29) is 6.04 Å². The van der Waals surface area contributed by atoms with E-state index in [1.807, 2.05) is 6.92 Å². The minimum atomic E-state index is 0.0839. The van der Waals surface area contributed by atoms with Gasteiger partial charge in [0.2, 0.25) is 0 Å². The van der Waals surface area contributed by atoms with Gasteiger partial charge < -0.3 is 0 Å². The van der Waals surface area contributed by atoms with Crippen LogP contribution in [0, 0.1) is 6.92 Å². The fourth-order valence-corrected chi connectivity index (χ4v) is 4.29. The van der Waals surface area contributed by atoms with Gasteiger partial charge in [-0.15, -0.1) is 11.3 Å². The molecule has 4 heteroatoms. The van der Waals surface area contributed by atoms with Crippen LogP contribution in [0.15, 0.2) is 23.6 Å². The normalized spacial score (nSPS) is 15.3. The Morgan fingerprint density at radius 2 is 2.15 bits per heavy atom. The van der Waals surface area contributed by atoms with Gasteiger partial charge in [0.1, 0.15) is 0 Å². The summed E-state index contributed by atoms with van der Waals surface area (Å²) in [5.41, 5.74) is 8.39. The van der Waals surface area contributed by atoms with Crippen LogP contribution >= 0.6 is 22.9 Å². The Balaban J connectivity index is 1.83. The van der Waals surface area contributed by atoms with Crippen molar-refractivity contribution in [1.82, 2.24) is 5.43 Å². The van der Waals surface area contributed by atoms with Crippen molar-refractivity contribution >= 4 is 22.9 Å². The smallest absolute Gasteiger partial charge is 0.0608 e. The second-order valence-corrected chi connectivity index (χ2v) is 6.77. The molecule has 1 atom stereocenters. The molecule has 0 amide bonds. The Morgan fingerprint density at radius 1 is 1.35 bits per heavy atom. The number of aryl methyl sites for hydroxylation is 3. The maximum Gasteiger partial charge on any atom is 0.0608 e. The number of fused-ring (bicyclic) bond motifs is 1. The molecule has 20 heavy (non-hydrogen) atoms. The Hall–Kier alpha value is -0.870. The van der Waals surface area contributed by atoms with E-state index in [9.17, 15) is 0 Å². The molecule has 3 rings (SSSR count). The van der Waals surface area contributed by atoms with Crippen LogP contribution < -0.4 is 11.3 Å². The molecular formula is C16H19ClN2S. The molecule has 106 valence electrons. The Kier molecular flexibility index (Phi) is 4.13. The molecule has 2 aromatic rings. The molecule has 1 unspecified atom stereocenters. The number of thiophene rings is 1. The van der Waals surface area contributed by atoms with E-state index in [0.29, 0.717) is 0 Å². The molecule has 0 aliphatic heterocycles. The lowest BCUT2D eigenvalue weighted by Crippen LogP contribution is -2.29. The molecule has 1 aliphatic rings. The molecule has 0 fully saturated rings. The Labute approximate surface area is 128 Å². The third-order valence-corrected chi connectivity index (χ3v) is 5.87. The maximum absolute atomic E-state index is 6.36. The van der Waals surface area contributed by atoms with Crippen LogP contribution in [0.25, 0.3) is 0 Å². The molecule has 0 spiro atoms. The zero-order valence-electron chi connectivity index (χ0n) is 11.6. The summed E-state index contributed by atoms with van der Waals surface area (Å²) in [7, 11) is 0. The maximum atomic E-state index is 6.36. The number of hydrogen-bond donors (Lipinski definition) is 2. The largest absolute Gasteiger partial charge is 0.271 e. The number of benzene rings is 1. The zero-order valence-corrected chi connectivity index (χ0v) is 13.2. The number of hydrogen-bond acceptors (Lipinski definition) is 3. The van der Waals surface area contributed by atoms with E-state index in [1.165, 1.54) is 36.0 Å². The number of hydrazine groups is 1. The van der Waals surface area contributed by atoms with Crippen LogP contribution in [-0.2, 0) is 19.3 Å². The minimum Gasteiger partial charge on any atom is -0.271 e. The lowest BCUT2D eigenvalue weighted by atomic mass is 10.0. The average Bonchev–Trinajstić information content (AvgIpc) is 3.04. The van der Waals surface area contributed by atoms with Gasteiger partial charge in [0, 0.05) is 4.88 Å². The Morgan fingerprint density at radius 3 is 2.85 bits per heavy atom. The predicted molar refractivity (Wildman–Crippen MR) is 86.3 cm³/mol. The van der Waals surface area contributed by atoms with Gasteiger partial charge in [-0.2, -0.15) is 0 Å². The zero-order chi connectivity index (χ0) is 14.1. The summed E-state index contributed by atoms with van der Waals surface area (Å²) >= 11 is 8.04. The number of nitrogens with two attached hydrogens (primary N) is 1. The van der Waals surface area contributed by atoms with E-state index >= 15 is 0 Å². The number of nitrogens with one attached hydrogen (secondary N) is 1. The van der Waals surface area contributed by atoms with Crippen LogP contribution in [-0.4, -0.2) is 0 Å². The molecule has 1 aromatic carbocycles. The summed E-state index contributed by atoms with van der Waals surface area (Å²) in [6.07, 6.45) is 4.60. The van der Waals surface area contributed by atoms with Gasteiger partial charge in [0.15, 0.2) is 0 Å². The van der Waals surface area contributed by atoms with Crippen LogP contribution in [0.5, 0.6) is 0 Å². The SMILES string of the molecule is Cc1csc(C(Cc2ccc3c(c2)CCC3)NN)c1Cl. The van der Waals surface area contributed by atoms with Gasteiger partial charge in [0.05, 0.1) is 11.1 Å². The van der Waals surface area contributed by atoms with Gasteiger partial charge in [0.25, 0.3) is 0 Å². The first-order valence-corrected chi connectivity index (χ1v) is 8.25. The van der Waals surface area contributed by atoms with Gasteiger partial charge in [-0.3, -0.25) is 11.3 Å². The van der Waals surface area contributed by atoms with Crippen LogP contribution in [0.1, 0.15) is 39.6 Å². The summed E-state index contributed by atoms with van der Waals surface area (Å²) in [6, 6.07) is 6.91. The van der Waals surface area contributed by atoms with Gasteiger partial charge in [-0.25, -0.2) is 0 Å². The second kappa shape index (κ2) is 5.86. The first-order valence-electron chi connectivity index (χ1n) is 6.99. The summed E-state index contributed by atoms with van der Waals surface area (Å²) < 4.78 is 0. The summed E-state index contributed by atoms with van der Waals surface area (Å²) in [5.74, 6) is 5.74. The van der Waals surface area contributed by atoms with Crippen molar-refractivity contribution in [3.8, 4) is 0 Å².